The van der Waals surface area contributed by atoms with Gasteiger partial charge in [-0.25, -0.2) is 4.70 Å². The van der Waals surface area contributed by atoms with Gasteiger partial charge < -0.3 is 5.53 Å². The second-order valence-electron chi connectivity index (χ2n) is 23.5. The standard InChI is InChI=1S/C28H36N2.2C22H45.Ni/c1-5-7-9-10-12-26-25(11-8-6-2)27(23-17-13-21(3)14-18-23)30(29)28(26)24-19-15-22(4)16-20-24;2*1-3-5-7-9-11-13-15-17-19-21-22-20-18-16-14-12-10-8-6-4-2;/h13-20H,5-12H2,1-4H3;2*1,3-22H2,2H3;. The van der Waals surface area contributed by atoms with Crippen LogP contribution in [-0.2, 0) is 14.4 Å². The Kier molecular flexibility index (Phi) is 47.4. The first kappa shape index (κ1) is 69.1. The Morgan fingerprint density at radius 2 is 0.493 bits per heavy atom. The van der Waals surface area contributed by atoms with Gasteiger partial charge in [0, 0.05) is 22.3 Å². The van der Waals surface area contributed by atoms with Crippen LogP contribution in [0.2, 0.25) is 10.8 Å². The van der Waals surface area contributed by atoms with Gasteiger partial charge >= 0.3 is 166 Å². The van der Waals surface area contributed by atoms with E-state index in [1.54, 1.807) is 0 Å². The summed E-state index contributed by atoms with van der Waals surface area (Å²) in [5, 5.41) is 2.87. The molecule has 2 aromatic rings. The summed E-state index contributed by atoms with van der Waals surface area (Å²) in [4.78, 5) is 0. The summed E-state index contributed by atoms with van der Waals surface area (Å²) in [5.41, 5.74) is 20.8. The molecule has 0 bridgehead atoms. The summed E-state index contributed by atoms with van der Waals surface area (Å²) in [5.74, 6) is 0. The van der Waals surface area contributed by atoms with Crippen molar-refractivity contribution >= 4 is 11.4 Å². The van der Waals surface area contributed by atoms with Gasteiger partial charge in [-0.1, -0.05) is 204 Å². The smallest absolute Gasteiger partial charge is 0.0654 e. The van der Waals surface area contributed by atoms with Crippen LogP contribution >= 0.6 is 0 Å². The monoisotopic (exact) mass is 1080 g/mol. The average molecular weight is 1080 g/mol. The van der Waals surface area contributed by atoms with Crippen LogP contribution in [0, 0.1) is 13.8 Å². The van der Waals surface area contributed by atoms with Crippen LogP contribution in [0.15, 0.2) is 59.7 Å². The van der Waals surface area contributed by atoms with Crippen molar-refractivity contribution in [2.24, 2.45) is 0 Å². The molecule has 3 heteroatoms. The Morgan fingerprint density at radius 3 is 0.747 bits per heavy atom. The second-order valence-corrected chi connectivity index (χ2v) is 25.0. The van der Waals surface area contributed by atoms with E-state index >= 15 is 0 Å². The minimum atomic E-state index is 0.976. The molecule has 75 heavy (non-hydrogen) atoms. The molecule has 0 atom stereocenters. The van der Waals surface area contributed by atoms with E-state index in [1.165, 1.54) is 320 Å². The number of benzene rings is 2. The van der Waals surface area contributed by atoms with Gasteiger partial charge in [0.2, 0.25) is 11.4 Å². The van der Waals surface area contributed by atoms with Crippen molar-refractivity contribution in [2.75, 3.05) is 0 Å². The molecule has 0 fully saturated rings. The first-order valence-corrected chi connectivity index (χ1v) is 34.9. The Labute approximate surface area is 475 Å². The zero-order valence-corrected chi connectivity index (χ0v) is 52.2. The number of allylic oxidation sites excluding steroid dienone is 2. The Morgan fingerprint density at radius 1 is 0.280 bits per heavy atom. The number of hydrogen-bond donors (Lipinski definition) is 0. The summed E-state index contributed by atoms with van der Waals surface area (Å²) in [6.45, 7) is 13.3. The van der Waals surface area contributed by atoms with E-state index in [0.717, 1.165) is 48.2 Å². The predicted molar refractivity (Wildman–Crippen MR) is 334 cm³/mol. The summed E-state index contributed by atoms with van der Waals surface area (Å²) < 4.78 is 1.48. The van der Waals surface area contributed by atoms with Crippen LogP contribution in [0.4, 0.5) is 0 Å². The minimum absolute atomic E-state index is 0.976. The van der Waals surface area contributed by atoms with Crippen LogP contribution in [0.1, 0.15) is 358 Å². The fourth-order valence-electron chi connectivity index (χ4n) is 11.2. The minimum Gasteiger partial charge on any atom is -0.0654 e. The van der Waals surface area contributed by atoms with Crippen LogP contribution in [-0.4, -0.2) is 4.70 Å². The zero-order valence-electron chi connectivity index (χ0n) is 51.2. The second kappa shape index (κ2) is 51.5. The van der Waals surface area contributed by atoms with Crippen LogP contribution in [0.25, 0.3) is 16.9 Å². The van der Waals surface area contributed by atoms with Crippen molar-refractivity contribution < 1.29 is 19.1 Å². The Balaban J connectivity index is 0.000000552. The van der Waals surface area contributed by atoms with Gasteiger partial charge in [0.1, 0.15) is 0 Å². The fourth-order valence-corrected chi connectivity index (χ4v) is 12.4. The molecular weight excluding hydrogens is 951 g/mol. The van der Waals surface area contributed by atoms with E-state index < -0.39 is 0 Å². The van der Waals surface area contributed by atoms with Gasteiger partial charge in [0.05, 0.1) is 0 Å². The van der Waals surface area contributed by atoms with Crippen molar-refractivity contribution in [3.8, 4) is 0 Å². The van der Waals surface area contributed by atoms with E-state index in [4.69, 9.17) is 0 Å². The molecule has 2 aromatic carbocycles. The van der Waals surface area contributed by atoms with Gasteiger partial charge in [0.15, 0.2) is 0 Å². The number of nitrogens with zero attached hydrogens (tertiary/aromatic N) is 2. The number of hydrogen-bond acceptors (Lipinski definition) is 0. The number of aryl methyl sites for hydroxylation is 2. The third-order valence-corrected chi connectivity index (χ3v) is 17.6. The predicted octanol–water partition coefficient (Wildman–Crippen LogP) is 26.2. The van der Waals surface area contributed by atoms with Gasteiger partial charge in [-0.3, -0.25) is 0 Å². The quantitative estimate of drug-likeness (QED) is 0.0358. The average Bonchev–Trinajstić information content (AvgIpc) is 3.70. The molecule has 2 nitrogen and oxygen atoms in total. The maximum absolute atomic E-state index is 11.5. The molecular formula is C72H126N2Ni. The first-order valence-electron chi connectivity index (χ1n) is 33.5. The molecule has 1 heterocycles. The molecule has 1 aliphatic rings. The molecule has 0 saturated heterocycles. The molecule has 0 radical (unpaired) electrons. The SMILES string of the molecule is CCCCCCC1=C(c2ccc(C)cc2)[N+](=[N-])C(c2ccc(C)cc2)=C1CCCC.CCCCCCCCCCCCCCCCCCCCC[CH2][Ni][CH2]CCCCCCCCCCCCCCCCCCCCC. The summed E-state index contributed by atoms with van der Waals surface area (Å²) in [7, 11) is 0. The van der Waals surface area contributed by atoms with E-state index in [0.29, 0.717) is 0 Å². The van der Waals surface area contributed by atoms with Crippen LogP contribution in [0.3, 0.4) is 0 Å². The van der Waals surface area contributed by atoms with Crippen LogP contribution < -0.4 is 0 Å². The normalized spacial score (nSPS) is 12.7. The molecule has 1 aliphatic heterocycles. The van der Waals surface area contributed by atoms with Gasteiger partial charge in [-0.15, -0.1) is 0 Å². The van der Waals surface area contributed by atoms with Crippen molar-refractivity contribution in [2.45, 2.75) is 361 Å². The third-order valence-electron chi connectivity index (χ3n) is 16.2. The molecule has 0 aromatic heterocycles. The number of rotatable bonds is 52. The third kappa shape index (κ3) is 36.7. The maximum atomic E-state index is 11.5. The molecule has 0 unspecified atom stereocenters. The molecule has 0 amide bonds. The summed E-state index contributed by atoms with van der Waals surface area (Å²) in [6, 6.07) is 17.1. The van der Waals surface area contributed by atoms with E-state index in [1.807, 2.05) is 14.4 Å². The molecule has 434 valence electrons. The van der Waals surface area contributed by atoms with E-state index in [-0.39, 0.29) is 0 Å². The zero-order chi connectivity index (χ0) is 53.9. The topological polar surface area (TPSA) is 25.3 Å². The van der Waals surface area contributed by atoms with Crippen molar-refractivity contribution in [3.63, 3.8) is 0 Å². The van der Waals surface area contributed by atoms with Gasteiger partial charge in [-0.05, 0) is 63.8 Å². The van der Waals surface area contributed by atoms with Crippen molar-refractivity contribution in [1.82, 2.24) is 0 Å². The first-order chi connectivity index (χ1) is 37.0. The Hall–Kier alpha value is -1.99. The molecule has 0 saturated carbocycles. The summed E-state index contributed by atoms with van der Waals surface area (Å²) in [6.07, 6.45) is 68.5. The Bertz CT molecular complexity index is 1590. The van der Waals surface area contributed by atoms with Crippen molar-refractivity contribution in [3.05, 3.63) is 87.5 Å². The molecule has 0 spiro atoms. The van der Waals surface area contributed by atoms with Crippen LogP contribution in [0.5, 0.6) is 0 Å². The summed E-state index contributed by atoms with van der Waals surface area (Å²) >= 11 is 2.05. The number of unbranched alkanes of at least 4 members (excludes halogenated alkanes) is 42. The van der Waals surface area contributed by atoms with Crippen molar-refractivity contribution in [1.29, 1.82) is 0 Å². The molecule has 0 aliphatic carbocycles. The van der Waals surface area contributed by atoms with E-state index in [9.17, 15) is 5.53 Å². The molecule has 3 rings (SSSR count). The van der Waals surface area contributed by atoms with Gasteiger partial charge in [-0.2, -0.15) is 0 Å². The molecule has 0 N–H and O–H groups in total. The fraction of sp³-hybridized carbons (Fsp3) is 0.778. The van der Waals surface area contributed by atoms with Gasteiger partial charge in [0.25, 0.3) is 0 Å². The van der Waals surface area contributed by atoms with E-state index in [2.05, 4.69) is 90.1 Å².